The number of hydrogen-bond acceptors (Lipinski definition) is 3. The number of halogens is 2. The van der Waals surface area contributed by atoms with E-state index >= 15 is 0 Å². The summed E-state index contributed by atoms with van der Waals surface area (Å²) in [6, 6.07) is 6.25. The predicted octanol–water partition coefficient (Wildman–Crippen LogP) is 2.97. The van der Waals surface area contributed by atoms with E-state index in [1.165, 1.54) is 12.1 Å². The largest absolute Gasteiger partial charge is 0.435 e. The lowest BCUT2D eigenvalue weighted by Crippen LogP contribution is -2.24. The van der Waals surface area contributed by atoms with Crippen molar-refractivity contribution in [3.05, 3.63) is 29.8 Å². The topological polar surface area (TPSA) is 47.6 Å². The molecule has 0 radical (unpaired) electrons. The van der Waals surface area contributed by atoms with E-state index in [4.69, 9.17) is 4.74 Å². The Bertz CT molecular complexity index is 439. The Balaban J connectivity index is 2.29. The molecule has 6 heteroatoms. The Morgan fingerprint density at radius 3 is 2.76 bits per heavy atom. The summed E-state index contributed by atoms with van der Waals surface area (Å²) in [6.45, 7) is 2.48. The van der Waals surface area contributed by atoms with Gasteiger partial charge < -0.3 is 14.8 Å². The van der Waals surface area contributed by atoms with E-state index in [2.05, 4.69) is 10.1 Å². The van der Waals surface area contributed by atoms with Gasteiger partial charge in [0.25, 0.3) is 0 Å². The molecule has 0 fully saturated rings. The first-order valence-electron chi connectivity index (χ1n) is 6.85. The molecule has 0 spiro atoms. The van der Waals surface area contributed by atoms with Gasteiger partial charge in [-0.2, -0.15) is 8.78 Å². The molecule has 1 rings (SSSR count). The van der Waals surface area contributed by atoms with Crippen molar-refractivity contribution in [1.82, 2.24) is 5.32 Å². The fraction of sp³-hybridized carbons (Fsp3) is 0.533. The maximum Gasteiger partial charge on any atom is 0.387 e. The molecule has 118 valence electrons. The lowest BCUT2D eigenvalue weighted by Gasteiger charge is -2.09. The van der Waals surface area contributed by atoms with Crippen LogP contribution < -0.4 is 10.1 Å². The van der Waals surface area contributed by atoms with Crippen LogP contribution in [0, 0.1) is 5.92 Å². The minimum absolute atomic E-state index is 0.0806. The van der Waals surface area contributed by atoms with Gasteiger partial charge in [0.1, 0.15) is 5.75 Å². The fourth-order valence-electron chi connectivity index (χ4n) is 1.60. The van der Waals surface area contributed by atoms with Crippen molar-refractivity contribution in [3.63, 3.8) is 0 Å². The molecule has 0 atom stereocenters. The number of amides is 1. The molecular weight excluding hydrogens is 280 g/mol. The molecule has 1 amide bonds. The van der Waals surface area contributed by atoms with Crippen LogP contribution in [-0.4, -0.2) is 25.7 Å². The van der Waals surface area contributed by atoms with Crippen LogP contribution in [0.15, 0.2) is 24.3 Å². The van der Waals surface area contributed by atoms with Gasteiger partial charge in [0.2, 0.25) is 5.91 Å². The molecule has 0 aliphatic heterocycles. The molecule has 0 aliphatic rings. The number of carbonyl (C=O) groups excluding carboxylic acids is 1. The highest BCUT2D eigenvalue weighted by molar-refractivity contribution is 5.75. The Kier molecular flexibility index (Phi) is 7.68. The van der Waals surface area contributed by atoms with E-state index in [9.17, 15) is 13.6 Å². The van der Waals surface area contributed by atoms with E-state index in [1.54, 1.807) is 12.1 Å². The summed E-state index contributed by atoms with van der Waals surface area (Å²) in [6.07, 6.45) is 0.278. The van der Waals surface area contributed by atoms with Gasteiger partial charge in [-0.25, -0.2) is 0 Å². The van der Waals surface area contributed by atoms with Crippen molar-refractivity contribution in [2.45, 2.75) is 33.4 Å². The zero-order chi connectivity index (χ0) is 15.7. The SMILES string of the molecule is CC(C)COCCC(=O)NCc1cccc(OC(F)F)c1. The normalized spacial score (nSPS) is 11.0. The summed E-state index contributed by atoms with van der Waals surface area (Å²) in [5.74, 6) is 0.376. The third-order valence-corrected chi connectivity index (χ3v) is 2.54. The Hall–Kier alpha value is -1.69. The fourth-order valence-corrected chi connectivity index (χ4v) is 1.60. The van der Waals surface area contributed by atoms with Gasteiger partial charge in [-0.3, -0.25) is 4.79 Å². The lowest BCUT2D eigenvalue weighted by atomic mass is 10.2. The highest BCUT2D eigenvalue weighted by Gasteiger charge is 2.06. The number of ether oxygens (including phenoxy) is 2. The average molecular weight is 301 g/mol. The third kappa shape index (κ3) is 8.24. The van der Waals surface area contributed by atoms with Crippen molar-refractivity contribution >= 4 is 5.91 Å². The van der Waals surface area contributed by atoms with Crippen molar-refractivity contribution in [3.8, 4) is 5.75 Å². The van der Waals surface area contributed by atoms with E-state index in [0.717, 1.165) is 0 Å². The van der Waals surface area contributed by atoms with Crippen LogP contribution in [0.4, 0.5) is 8.78 Å². The standard InChI is InChI=1S/C15H21F2NO3/c1-11(2)10-20-7-6-14(19)18-9-12-4-3-5-13(8-12)21-15(16)17/h3-5,8,11,15H,6-7,9-10H2,1-2H3,(H,18,19). The summed E-state index contributed by atoms with van der Waals surface area (Å²) >= 11 is 0. The number of alkyl halides is 2. The second-order valence-corrected chi connectivity index (χ2v) is 5.02. The smallest absolute Gasteiger partial charge is 0.387 e. The lowest BCUT2D eigenvalue weighted by molar-refractivity contribution is -0.122. The van der Waals surface area contributed by atoms with Gasteiger partial charge in [0, 0.05) is 19.6 Å². The van der Waals surface area contributed by atoms with Crippen LogP contribution in [0.3, 0.4) is 0 Å². The highest BCUT2D eigenvalue weighted by Crippen LogP contribution is 2.15. The maximum absolute atomic E-state index is 12.1. The number of nitrogens with one attached hydrogen (secondary N) is 1. The first kappa shape index (κ1) is 17.4. The zero-order valence-corrected chi connectivity index (χ0v) is 12.3. The van der Waals surface area contributed by atoms with Gasteiger partial charge in [-0.15, -0.1) is 0 Å². The molecule has 0 unspecified atom stereocenters. The summed E-state index contributed by atoms with van der Waals surface area (Å²) in [4.78, 5) is 11.6. The first-order valence-corrected chi connectivity index (χ1v) is 6.85. The zero-order valence-electron chi connectivity index (χ0n) is 12.3. The number of hydrogen-bond donors (Lipinski definition) is 1. The van der Waals surface area contributed by atoms with Gasteiger partial charge in [0.05, 0.1) is 6.61 Å². The van der Waals surface area contributed by atoms with Crippen LogP contribution in [0.5, 0.6) is 5.75 Å². The Morgan fingerprint density at radius 2 is 2.10 bits per heavy atom. The average Bonchev–Trinajstić information content (AvgIpc) is 2.41. The van der Waals surface area contributed by atoms with Crippen LogP contribution in [0.1, 0.15) is 25.8 Å². The molecule has 0 bridgehead atoms. The van der Waals surface area contributed by atoms with Crippen LogP contribution in [0.25, 0.3) is 0 Å². The molecule has 0 saturated heterocycles. The molecule has 0 heterocycles. The molecule has 21 heavy (non-hydrogen) atoms. The molecule has 0 aliphatic carbocycles. The molecular formula is C15H21F2NO3. The van der Waals surface area contributed by atoms with Gasteiger partial charge in [-0.1, -0.05) is 26.0 Å². The molecule has 0 saturated carbocycles. The molecule has 4 nitrogen and oxygen atoms in total. The Labute approximate surface area is 123 Å². The molecule has 0 aromatic heterocycles. The second kappa shape index (κ2) is 9.28. The van der Waals surface area contributed by atoms with Crippen molar-refractivity contribution in [2.75, 3.05) is 13.2 Å². The summed E-state index contributed by atoms with van der Waals surface area (Å²) in [5, 5.41) is 2.71. The highest BCUT2D eigenvalue weighted by atomic mass is 19.3. The van der Waals surface area contributed by atoms with Gasteiger partial charge in [-0.05, 0) is 23.6 Å². The summed E-state index contributed by atoms with van der Waals surface area (Å²) < 4.78 is 33.8. The van der Waals surface area contributed by atoms with E-state index < -0.39 is 6.61 Å². The third-order valence-electron chi connectivity index (χ3n) is 2.54. The van der Waals surface area contributed by atoms with E-state index in [1.807, 2.05) is 13.8 Å². The van der Waals surface area contributed by atoms with E-state index in [-0.39, 0.29) is 24.6 Å². The summed E-state index contributed by atoms with van der Waals surface area (Å²) in [5.41, 5.74) is 0.699. The maximum atomic E-state index is 12.1. The number of carbonyl (C=O) groups is 1. The molecule has 1 aromatic carbocycles. The summed E-state index contributed by atoms with van der Waals surface area (Å²) in [7, 11) is 0. The first-order chi connectivity index (χ1) is 9.97. The minimum atomic E-state index is -2.85. The monoisotopic (exact) mass is 301 g/mol. The van der Waals surface area contributed by atoms with Crippen molar-refractivity contribution in [1.29, 1.82) is 0 Å². The Morgan fingerprint density at radius 1 is 1.33 bits per heavy atom. The number of benzene rings is 1. The second-order valence-electron chi connectivity index (χ2n) is 5.02. The predicted molar refractivity (Wildman–Crippen MR) is 75.2 cm³/mol. The quantitative estimate of drug-likeness (QED) is 0.713. The van der Waals surface area contributed by atoms with Gasteiger partial charge in [0.15, 0.2) is 0 Å². The van der Waals surface area contributed by atoms with Crippen LogP contribution in [0.2, 0.25) is 0 Å². The van der Waals surface area contributed by atoms with Crippen LogP contribution >= 0.6 is 0 Å². The molecule has 1 aromatic rings. The number of rotatable bonds is 9. The van der Waals surface area contributed by atoms with Crippen molar-refractivity contribution < 1.29 is 23.0 Å². The molecule has 1 N–H and O–H groups in total. The van der Waals surface area contributed by atoms with E-state index in [0.29, 0.717) is 24.7 Å². The van der Waals surface area contributed by atoms with Crippen molar-refractivity contribution in [2.24, 2.45) is 5.92 Å². The van der Waals surface area contributed by atoms with Crippen LogP contribution in [-0.2, 0) is 16.1 Å². The minimum Gasteiger partial charge on any atom is -0.435 e. The van der Waals surface area contributed by atoms with Gasteiger partial charge >= 0.3 is 6.61 Å².